The van der Waals surface area contributed by atoms with Gasteiger partial charge in [-0.25, -0.2) is 4.39 Å². The summed E-state index contributed by atoms with van der Waals surface area (Å²) in [6, 6.07) is 0. The van der Waals surface area contributed by atoms with Gasteiger partial charge in [0, 0.05) is 6.42 Å². The van der Waals surface area contributed by atoms with Crippen LogP contribution in [-0.2, 0) is 4.79 Å². The maximum Gasteiger partial charge on any atom is 0.120 e. The molecule has 0 aliphatic rings. The Labute approximate surface area is 55.3 Å². The summed E-state index contributed by atoms with van der Waals surface area (Å²) in [5.74, 6) is -0.0671. The molecule has 0 saturated carbocycles. The number of halogens is 1. The van der Waals surface area contributed by atoms with Gasteiger partial charge in [0.1, 0.15) is 12.5 Å². The summed E-state index contributed by atoms with van der Waals surface area (Å²) < 4.78 is 12.4. The molecule has 9 heavy (non-hydrogen) atoms. The Morgan fingerprint density at radius 3 is 2.33 bits per heavy atom. The fraction of sp³-hybridized carbons (Fsp3) is 0.857. The van der Waals surface area contributed by atoms with Gasteiger partial charge in [-0.15, -0.1) is 0 Å². The molecule has 0 radical (unpaired) electrons. The minimum atomic E-state index is -0.847. The molecule has 2 heteroatoms. The summed E-state index contributed by atoms with van der Waals surface area (Å²) in [6.07, 6.45) is 1.04. The van der Waals surface area contributed by atoms with Crippen molar-refractivity contribution in [1.29, 1.82) is 0 Å². The van der Waals surface area contributed by atoms with Crippen molar-refractivity contribution in [2.24, 2.45) is 5.92 Å². The predicted molar refractivity (Wildman–Crippen MR) is 35.0 cm³/mol. The average Bonchev–Trinajstić information content (AvgIpc) is 1.82. The maximum atomic E-state index is 12.4. The molecule has 0 bridgehead atoms. The largest absolute Gasteiger partial charge is 0.303 e. The summed E-state index contributed by atoms with van der Waals surface area (Å²) >= 11 is 0. The van der Waals surface area contributed by atoms with Crippen LogP contribution >= 0.6 is 0 Å². The van der Waals surface area contributed by atoms with Gasteiger partial charge >= 0.3 is 0 Å². The fourth-order valence-electron chi connectivity index (χ4n) is 0.803. The number of hydrogen-bond donors (Lipinski definition) is 0. The smallest absolute Gasteiger partial charge is 0.120 e. The zero-order valence-electron chi connectivity index (χ0n) is 5.93. The second-order valence-electron chi connectivity index (χ2n) is 2.25. The van der Waals surface area contributed by atoms with Gasteiger partial charge in [0.15, 0.2) is 0 Å². The van der Waals surface area contributed by atoms with Crippen LogP contribution in [0.4, 0.5) is 4.39 Å². The SMILES string of the molecule is CCC(CC=O)C(C)F. The van der Waals surface area contributed by atoms with Crippen LogP contribution in [0.15, 0.2) is 0 Å². The van der Waals surface area contributed by atoms with Crippen molar-refractivity contribution in [2.45, 2.75) is 32.9 Å². The maximum absolute atomic E-state index is 12.4. The number of hydrogen-bond acceptors (Lipinski definition) is 1. The molecule has 0 heterocycles. The Morgan fingerprint density at radius 1 is 1.67 bits per heavy atom. The van der Waals surface area contributed by atoms with Crippen LogP contribution in [0.5, 0.6) is 0 Å². The van der Waals surface area contributed by atoms with Crippen LogP contribution in [0.1, 0.15) is 26.7 Å². The average molecular weight is 132 g/mol. The molecule has 2 atom stereocenters. The molecular weight excluding hydrogens is 119 g/mol. The molecule has 0 amide bonds. The van der Waals surface area contributed by atoms with E-state index in [9.17, 15) is 9.18 Å². The summed E-state index contributed by atoms with van der Waals surface area (Å²) in [5.41, 5.74) is 0. The molecular formula is C7H13FO. The third-order valence-electron chi connectivity index (χ3n) is 1.57. The molecule has 54 valence electrons. The van der Waals surface area contributed by atoms with Crippen LogP contribution in [0.3, 0.4) is 0 Å². The first-order valence-electron chi connectivity index (χ1n) is 3.30. The Bertz CT molecular complexity index is 81.0. The molecule has 1 nitrogen and oxygen atoms in total. The highest BCUT2D eigenvalue weighted by Gasteiger charge is 2.12. The standard InChI is InChI=1S/C7H13FO/c1-3-7(4-5-9)6(2)8/h5-7H,3-4H2,1-2H3. The molecule has 0 aliphatic carbocycles. The Kier molecular flexibility index (Phi) is 4.28. The van der Waals surface area contributed by atoms with Gasteiger partial charge in [0.25, 0.3) is 0 Å². The highest BCUT2D eigenvalue weighted by Crippen LogP contribution is 2.13. The van der Waals surface area contributed by atoms with E-state index in [1.165, 1.54) is 6.92 Å². The molecule has 0 aromatic carbocycles. The van der Waals surface area contributed by atoms with Gasteiger partial charge in [-0.3, -0.25) is 0 Å². The van der Waals surface area contributed by atoms with Crippen molar-refractivity contribution in [2.75, 3.05) is 0 Å². The quantitative estimate of drug-likeness (QED) is 0.534. The summed E-state index contributed by atoms with van der Waals surface area (Å²) in [5, 5.41) is 0. The first-order chi connectivity index (χ1) is 4.22. The molecule has 0 fully saturated rings. The van der Waals surface area contributed by atoms with E-state index in [0.717, 1.165) is 12.7 Å². The van der Waals surface area contributed by atoms with Crippen molar-refractivity contribution in [1.82, 2.24) is 0 Å². The summed E-state index contributed by atoms with van der Waals surface area (Å²) in [6.45, 7) is 3.39. The number of alkyl halides is 1. The van der Waals surface area contributed by atoms with Gasteiger partial charge < -0.3 is 4.79 Å². The van der Waals surface area contributed by atoms with E-state index in [0.29, 0.717) is 6.42 Å². The minimum absolute atomic E-state index is 0.0671. The number of carbonyl (C=O) groups excluding carboxylic acids is 1. The van der Waals surface area contributed by atoms with Crippen molar-refractivity contribution in [3.8, 4) is 0 Å². The highest BCUT2D eigenvalue weighted by molar-refractivity contribution is 5.49. The van der Waals surface area contributed by atoms with Crippen LogP contribution in [0.25, 0.3) is 0 Å². The second kappa shape index (κ2) is 4.48. The first-order valence-corrected chi connectivity index (χ1v) is 3.30. The zero-order chi connectivity index (χ0) is 7.28. The molecule has 0 N–H and O–H groups in total. The Balaban J connectivity index is 3.53. The lowest BCUT2D eigenvalue weighted by Gasteiger charge is -2.11. The van der Waals surface area contributed by atoms with Gasteiger partial charge in [-0.05, 0) is 12.8 Å². The number of carbonyl (C=O) groups is 1. The van der Waals surface area contributed by atoms with E-state index >= 15 is 0 Å². The van der Waals surface area contributed by atoms with Crippen LogP contribution in [-0.4, -0.2) is 12.5 Å². The Morgan fingerprint density at radius 2 is 2.22 bits per heavy atom. The number of rotatable bonds is 4. The van der Waals surface area contributed by atoms with E-state index in [1.807, 2.05) is 6.92 Å². The lowest BCUT2D eigenvalue weighted by molar-refractivity contribution is -0.109. The molecule has 0 spiro atoms. The van der Waals surface area contributed by atoms with Crippen LogP contribution < -0.4 is 0 Å². The topological polar surface area (TPSA) is 17.1 Å². The summed E-state index contributed by atoms with van der Waals surface area (Å²) in [4.78, 5) is 9.91. The van der Waals surface area contributed by atoms with E-state index in [4.69, 9.17) is 0 Å². The molecule has 2 unspecified atom stereocenters. The second-order valence-corrected chi connectivity index (χ2v) is 2.25. The van der Waals surface area contributed by atoms with E-state index < -0.39 is 6.17 Å². The van der Waals surface area contributed by atoms with E-state index in [-0.39, 0.29) is 5.92 Å². The number of aldehydes is 1. The van der Waals surface area contributed by atoms with E-state index in [2.05, 4.69) is 0 Å². The zero-order valence-corrected chi connectivity index (χ0v) is 5.93. The van der Waals surface area contributed by atoms with Crippen LogP contribution in [0, 0.1) is 5.92 Å². The molecule has 0 aliphatic heterocycles. The predicted octanol–water partition coefficient (Wildman–Crippen LogP) is 1.96. The molecule has 0 saturated heterocycles. The third-order valence-corrected chi connectivity index (χ3v) is 1.57. The molecule has 0 rings (SSSR count). The summed E-state index contributed by atoms with van der Waals surface area (Å²) in [7, 11) is 0. The van der Waals surface area contributed by atoms with Gasteiger partial charge in [-0.2, -0.15) is 0 Å². The fourth-order valence-corrected chi connectivity index (χ4v) is 0.803. The first kappa shape index (κ1) is 8.60. The normalized spacial score (nSPS) is 16.8. The van der Waals surface area contributed by atoms with Crippen molar-refractivity contribution >= 4 is 6.29 Å². The highest BCUT2D eigenvalue weighted by atomic mass is 19.1. The molecule has 0 aromatic rings. The monoisotopic (exact) mass is 132 g/mol. The lowest BCUT2D eigenvalue weighted by atomic mass is 9.99. The molecule has 0 aromatic heterocycles. The minimum Gasteiger partial charge on any atom is -0.303 e. The lowest BCUT2D eigenvalue weighted by Crippen LogP contribution is -2.11. The van der Waals surface area contributed by atoms with Gasteiger partial charge in [0.2, 0.25) is 0 Å². The van der Waals surface area contributed by atoms with E-state index in [1.54, 1.807) is 0 Å². The van der Waals surface area contributed by atoms with Crippen LogP contribution in [0.2, 0.25) is 0 Å². The van der Waals surface area contributed by atoms with Crippen molar-refractivity contribution in [3.63, 3.8) is 0 Å². The van der Waals surface area contributed by atoms with Crippen molar-refractivity contribution < 1.29 is 9.18 Å². The Hall–Kier alpha value is -0.400. The van der Waals surface area contributed by atoms with Crippen molar-refractivity contribution in [3.05, 3.63) is 0 Å². The third kappa shape index (κ3) is 3.22. The van der Waals surface area contributed by atoms with Gasteiger partial charge in [0.05, 0.1) is 0 Å². The van der Waals surface area contributed by atoms with Gasteiger partial charge in [-0.1, -0.05) is 13.3 Å².